The van der Waals surface area contributed by atoms with Crippen LogP contribution in [0.3, 0.4) is 0 Å². The van der Waals surface area contributed by atoms with Crippen molar-refractivity contribution < 1.29 is 14.3 Å². The first-order chi connectivity index (χ1) is 13.6. The third-order valence-electron chi connectivity index (χ3n) is 4.34. The maximum Gasteiger partial charge on any atom is 0.186 e. The molecule has 0 aliphatic carbocycles. The average Bonchev–Trinajstić information content (AvgIpc) is 2.74. The van der Waals surface area contributed by atoms with Crippen molar-refractivity contribution in [2.45, 2.75) is 6.42 Å². The van der Waals surface area contributed by atoms with Crippen LogP contribution < -0.4 is 4.74 Å². The van der Waals surface area contributed by atoms with Crippen LogP contribution in [0.5, 0.6) is 5.75 Å². The molecule has 3 rings (SSSR count). The van der Waals surface area contributed by atoms with Crippen molar-refractivity contribution in [1.29, 1.82) is 0 Å². The summed E-state index contributed by atoms with van der Waals surface area (Å²) in [5.74, 6) is 0.531. The highest BCUT2D eigenvalue weighted by atomic mass is 127. The van der Waals surface area contributed by atoms with E-state index in [1.165, 1.54) is 0 Å². The number of ether oxygens (including phenoxy) is 1. The fraction of sp³-hybridized carbons (Fsp3) is 0.0833. The Balaban J connectivity index is 1.90. The first kappa shape index (κ1) is 20.0. The number of Topliss-reactive ketones (excluding diaryl/α,β-unsaturated/α-hetero) is 1. The lowest BCUT2D eigenvalue weighted by Gasteiger charge is -2.08. The number of ketones is 2. The minimum Gasteiger partial charge on any atom is -0.497 e. The molecule has 4 heteroatoms. The second-order valence-electron chi connectivity index (χ2n) is 6.24. The van der Waals surface area contributed by atoms with Crippen molar-refractivity contribution in [2.24, 2.45) is 0 Å². The van der Waals surface area contributed by atoms with Crippen molar-refractivity contribution in [2.75, 3.05) is 7.11 Å². The number of carbonyl (C=O) groups excluding carboxylic acids is 2. The Kier molecular flexibility index (Phi) is 6.76. The molecule has 0 aromatic heterocycles. The molecule has 0 aliphatic heterocycles. The number of carbonyl (C=O) groups is 2. The molecule has 0 fully saturated rings. The van der Waals surface area contributed by atoms with Gasteiger partial charge in [-0.15, -0.1) is 0 Å². The Morgan fingerprint density at radius 3 is 2.04 bits per heavy atom. The zero-order chi connectivity index (χ0) is 19.9. The van der Waals surface area contributed by atoms with Crippen molar-refractivity contribution in [1.82, 2.24) is 0 Å². The largest absolute Gasteiger partial charge is 0.497 e. The zero-order valence-corrected chi connectivity index (χ0v) is 17.6. The number of allylic oxidation sites excluding steroid dienone is 2. The second-order valence-corrected chi connectivity index (χ2v) is 7.48. The molecule has 140 valence electrons. The monoisotopic (exact) mass is 482 g/mol. The fourth-order valence-corrected chi connectivity index (χ4v) is 3.16. The standard InChI is InChI=1S/C24H19IO3/c1-28-22-13-9-19(10-14-22)24(27)16-20(17-5-3-2-4-6-17)15-23(26)18-7-11-21(25)12-8-18/h2-14,16H,15H2,1H3. The van der Waals surface area contributed by atoms with Gasteiger partial charge in [0, 0.05) is 21.1 Å². The van der Waals surface area contributed by atoms with Crippen LogP contribution in [0.2, 0.25) is 0 Å². The minimum atomic E-state index is -0.142. The SMILES string of the molecule is COc1ccc(C(=O)C=C(CC(=O)c2ccc(I)cc2)c2ccccc2)cc1. The Hall–Kier alpha value is -2.73. The molecule has 0 bridgehead atoms. The molecular weight excluding hydrogens is 463 g/mol. The summed E-state index contributed by atoms with van der Waals surface area (Å²) < 4.78 is 6.21. The van der Waals surface area contributed by atoms with E-state index in [2.05, 4.69) is 22.6 Å². The van der Waals surface area contributed by atoms with E-state index in [9.17, 15) is 9.59 Å². The summed E-state index contributed by atoms with van der Waals surface area (Å²) in [6, 6.07) is 23.9. The number of benzene rings is 3. The number of hydrogen-bond donors (Lipinski definition) is 0. The van der Waals surface area contributed by atoms with E-state index in [1.54, 1.807) is 37.5 Å². The van der Waals surface area contributed by atoms with Crippen molar-refractivity contribution >= 4 is 39.7 Å². The van der Waals surface area contributed by atoms with Gasteiger partial charge in [-0.25, -0.2) is 0 Å². The molecule has 0 spiro atoms. The maximum absolute atomic E-state index is 12.8. The summed E-state index contributed by atoms with van der Waals surface area (Å²) in [6.07, 6.45) is 1.72. The predicted octanol–water partition coefficient (Wildman–Crippen LogP) is 5.84. The first-order valence-electron chi connectivity index (χ1n) is 8.80. The molecule has 0 heterocycles. The number of halogens is 1. The van der Waals surface area contributed by atoms with Crippen LogP contribution in [-0.2, 0) is 0 Å². The van der Waals surface area contributed by atoms with Crippen molar-refractivity contribution in [3.63, 3.8) is 0 Å². The van der Waals surface area contributed by atoms with Crippen LogP contribution in [0.15, 0.2) is 84.9 Å². The highest BCUT2D eigenvalue weighted by Gasteiger charge is 2.13. The predicted molar refractivity (Wildman–Crippen MR) is 120 cm³/mol. The fourth-order valence-electron chi connectivity index (χ4n) is 2.80. The first-order valence-corrected chi connectivity index (χ1v) is 9.88. The third kappa shape index (κ3) is 5.16. The van der Waals surface area contributed by atoms with Crippen LogP contribution >= 0.6 is 22.6 Å². The molecule has 0 saturated heterocycles. The van der Waals surface area contributed by atoms with Gasteiger partial charge in [-0.2, -0.15) is 0 Å². The molecule has 0 radical (unpaired) electrons. The van der Waals surface area contributed by atoms with Crippen LogP contribution in [0.1, 0.15) is 32.7 Å². The van der Waals surface area contributed by atoms with E-state index in [-0.39, 0.29) is 18.0 Å². The van der Waals surface area contributed by atoms with Crippen molar-refractivity contribution in [3.05, 3.63) is 105 Å². The van der Waals surface area contributed by atoms with Gasteiger partial charge < -0.3 is 4.74 Å². The van der Waals surface area contributed by atoms with Gasteiger partial charge in [0.1, 0.15) is 5.75 Å². The zero-order valence-electron chi connectivity index (χ0n) is 15.4. The maximum atomic E-state index is 12.8. The lowest BCUT2D eigenvalue weighted by atomic mass is 9.95. The molecule has 0 unspecified atom stereocenters. The molecule has 28 heavy (non-hydrogen) atoms. The summed E-state index contributed by atoms with van der Waals surface area (Å²) in [4.78, 5) is 25.5. The van der Waals surface area contributed by atoms with Gasteiger partial charge in [0.05, 0.1) is 7.11 Å². The van der Waals surface area contributed by atoms with Crippen LogP contribution in [0, 0.1) is 3.57 Å². The van der Waals surface area contributed by atoms with Gasteiger partial charge >= 0.3 is 0 Å². The van der Waals surface area contributed by atoms with E-state index in [4.69, 9.17) is 4.74 Å². The average molecular weight is 482 g/mol. The summed E-state index contributed by atoms with van der Waals surface area (Å²) in [7, 11) is 1.58. The van der Waals surface area contributed by atoms with Crippen LogP contribution in [0.4, 0.5) is 0 Å². The Bertz CT molecular complexity index is 988. The van der Waals surface area contributed by atoms with E-state index in [1.807, 2.05) is 54.6 Å². The Morgan fingerprint density at radius 1 is 0.821 bits per heavy atom. The number of methoxy groups -OCH3 is 1. The van der Waals surface area contributed by atoms with E-state index >= 15 is 0 Å². The highest BCUT2D eigenvalue weighted by molar-refractivity contribution is 14.1. The number of rotatable bonds is 7. The molecule has 3 aromatic carbocycles. The smallest absolute Gasteiger partial charge is 0.186 e. The summed E-state index contributed by atoms with van der Waals surface area (Å²) >= 11 is 2.21. The Morgan fingerprint density at radius 2 is 1.43 bits per heavy atom. The quantitative estimate of drug-likeness (QED) is 0.242. The molecule has 0 saturated carbocycles. The molecule has 0 amide bonds. The topological polar surface area (TPSA) is 43.4 Å². The summed E-state index contributed by atoms with van der Waals surface area (Å²) in [5, 5.41) is 0. The van der Waals surface area contributed by atoms with Crippen molar-refractivity contribution in [3.8, 4) is 5.75 Å². The lowest BCUT2D eigenvalue weighted by Crippen LogP contribution is -2.03. The Labute approximate surface area is 178 Å². The van der Waals surface area contributed by atoms with E-state index in [0.717, 1.165) is 9.13 Å². The molecule has 3 aromatic rings. The summed E-state index contributed by atoms with van der Waals surface area (Å²) in [5.41, 5.74) is 2.75. The lowest BCUT2D eigenvalue weighted by molar-refractivity contribution is 0.0998. The second kappa shape index (κ2) is 9.46. The van der Waals surface area contributed by atoms with Gasteiger partial charge in [-0.3, -0.25) is 9.59 Å². The molecular formula is C24H19IO3. The molecule has 0 N–H and O–H groups in total. The molecule has 3 nitrogen and oxygen atoms in total. The van der Waals surface area contributed by atoms with Gasteiger partial charge in [0.2, 0.25) is 0 Å². The summed E-state index contributed by atoms with van der Waals surface area (Å²) in [6.45, 7) is 0. The van der Waals surface area contributed by atoms with Gasteiger partial charge in [0.25, 0.3) is 0 Å². The number of hydrogen-bond acceptors (Lipinski definition) is 3. The van der Waals surface area contributed by atoms with Gasteiger partial charge in [-0.05, 0) is 76.2 Å². The minimum absolute atomic E-state index is 0.0194. The third-order valence-corrected chi connectivity index (χ3v) is 5.06. The highest BCUT2D eigenvalue weighted by Crippen LogP contribution is 2.23. The van der Waals surface area contributed by atoms with Gasteiger partial charge in [0.15, 0.2) is 11.6 Å². The normalized spacial score (nSPS) is 11.1. The van der Waals surface area contributed by atoms with E-state index in [0.29, 0.717) is 22.4 Å². The molecule has 0 aliphatic rings. The van der Waals surface area contributed by atoms with Crippen LogP contribution in [0.25, 0.3) is 5.57 Å². The molecule has 0 atom stereocenters. The van der Waals surface area contributed by atoms with E-state index < -0.39 is 0 Å². The van der Waals surface area contributed by atoms with Crippen LogP contribution in [-0.4, -0.2) is 18.7 Å². The van der Waals surface area contributed by atoms with Gasteiger partial charge in [-0.1, -0.05) is 42.5 Å².